The normalized spacial score (nSPS) is 12.2. The van der Waals surface area contributed by atoms with Crippen LogP contribution in [0.15, 0.2) is 27.1 Å². The van der Waals surface area contributed by atoms with Crippen LogP contribution in [0.5, 0.6) is 0 Å². The molecule has 0 fully saturated rings. The third-order valence-corrected chi connectivity index (χ3v) is 3.52. The number of benzene rings is 1. The molecular formula is C11H14Br2N2O. The highest BCUT2D eigenvalue weighted by Crippen LogP contribution is 2.30. The molecule has 0 saturated carbocycles. The van der Waals surface area contributed by atoms with Crippen LogP contribution in [0, 0.1) is 0 Å². The van der Waals surface area contributed by atoms with Gasteiger partial charge in [0.15, 0.2) is 0 Å². The molecule has 1 aromatic carbocycles. The highest BCUT2D eigenvalue weighted by Gasteiger charge is 2.11. The molecule has 0 heterocycles. The van der Waals surface area contributed by atoms with Crippen LogP contribution in [-0.4, -0.2) is 11.9 Å². The maximum Gasteiger partial charge on any atom is 0.225 e. The molecule has 3 N–H and O–H groups in total. The average molecular weight is 350 g/mol. The highest BCUT2D eigenvalue weighted by atomic mass is 79.9. The maximum atomic E-state index is 11.7. The summed E-state index contributed by atoms with van der Waals surface area (Å²) in [4.78, 5) is 11.7. The monoisotopic (exact) mass is 348 g/mol. The number of halogens is 2. The first-order valence-electron chi connectivity index (χ1n) is 5.04. The summed E-state index contributed by atoms with van der Waals surface area (Å²) in [5.41, 5.74) is 6.47. The Balaban J connectivity index is 2.70. The van der Waals surface area contributed by atoms with E-state index in [2.05, 4.69) is 37.2 Å². The Morgan fingerprint density at radius 2 is 2.00 bits per heavy atom. The topological polar surface area (TPSA) is 55.1 Å². The molecule has 88 valence electrons. The van der Waals surface area contributed by atoms with Crippen LogP contribution in [0.3, 0.4) is 0 Å². The van der Waals surface area contributed by atoms with Crippen molar-refractivity contribution in [3.05, 3.63) is 27.1 Å². The zero-order valence-electron chi connectivity index (χ0n) is 8.97. The molecule has 0 bridgehead atoms. The lowest BCUT2D eigenvalue weighted by atomic mass is 10.1. The van der Waals surface area contributed by atoms with Crippen molar-refractivity contribution in [1.82, 2.24) is 0 Å². The number of para-hydroxylation sites is 1. The quantitative estimate of drug-likeness (QED) is 0.876. The van der Waals surface area contributed by atoms with E-state index < -0.39 is 0 Å². The minimum absolute atomic E-state index is 0.0676. The Hall–Kier alpha value is -0.390. The molecule has 0 aromatic heterocycles. The van der Waals surface area contributed by atoms with Crippen LogP contribution < -0.4 is 11.1 Å². The third-order valence-electron chi connectivity index (χ3n) is 2.20. The summed E-state index contributed by atoms with van der Waals surface area (Å²) in [6.07, 6.45) is 1.13. The summed E-state index contributed by atoms with van der Waals surface area (Å²) >= 11 is 6.77. The van der Waals surface area contributed by atoms with Gasteiger partial charge >= 0.3 is 0 Å². The van der Waals surface area contributed by atoms with Crippen molar-refractivity contribution in [2.75, 3.05) is 5.32 Å². The van der Waals surface area contributed by atoms with Gasteiger partial charge in [-0.15, -0.1) is 0 Å². The van der Waals surface area contributed by atoms with Gasteiger partial charge in [-0.2, -0.15) is 0 Å². The van der Waals surface area contributed by atoms with E-state index >= 15 is 0 Å². The molecule has 0 aliphatic rings. The summed E-state index contributed by atoms with van der Waals surface area (Å²) < 4.78 is 1.69. The van der Waals surface area contributed by atoms with Gasteiger partial charge in [-0.1, -0.05) is 13.0 Å². The van der Waals surface area contributed by atoms with Crippen LogP contribution in [-0.2, 0) is 4.79 Å². The molecule has 16 heavy (non-hydrogen) atoms. The maximum absolute atomic E-state index is 11.7. The first-order chi connectivity index (χ1) is 7.54. The van der Waals surface area contributed by atoms with Gasteiger partial charge in [-0.05, 0) is 50.4 Å². The number of nitrogens with two attached hydrogens (primary N) is 1. The predicted molar refractivity (Wildman–Crippen MR) is 73.4 cm³/mol. The third kappa shape index (κ3) is 3.88. The van der Waals surface area contributed by atoms with E-state index in [9.17, 15) is 4.79 Å². The van der Waals surface area contributed by atoms with Gasteiger partial charge in [0.25, 0.3) is 0 Å². The first-order valence-corrected chi connectivity index (χ1v) is 6.62. The van der Waals surface area contributed by atoms with Crippen molar-refractivity contribution in [1.29, 1.82) is 0 Å². The second kappa shape index (κ2) is 6.37. The van der Waals surface area contributed by atoms with E-state index in [-0.39, 0.29) is 11.9 Å². The summed E-state index contributed by atoms with van der Waals surface area (Å²) in [7, 11) is 0. The lowest BCUT2D eigenvalue weighted by Crippen LogP contribution is -2.26. The Labute approximate surface area is 112 Å². The largest absolute Gasteiger partial charge is 0.327 e. The van der Waals surface area contributed by atoms with Gasteiger partial charge < -0.3 is 11.1 Å². The molecule has 1 aromatic rings. The standard InChI is InChI=1S/C11H14Br2N2O/c1-2-7(14)6-10(16)15-11-8(12)4-3-5-9(11)13/h3-5,7H,2,6,14H2,1H3,(H,15,16). The van der Waals surface area contributed by atoms with Crippen LogP contribution >= 0.6 is 31.9 Å². The van der Waals surface area contributed by atoms with Gasteiger partial charge in [0.05, 0.1) is 5.69 Å². The van der Waals surface area contributed by atoms with E-state index in [1.54, 1.807) is 0 Å². The molecule has 0 saturated heterocycles. The van der Waals surface area contributed by atoms with E-state index in [1.165, 1.54) is 0 Å². The summed E-state index contributed by atoms with van der Waals surface area (Å²) in [6.45, 7) is 1.96. The summed E-state index contributed by atoms with van der Waals surface area (Å²) in [5.74, 6) is -0.0676. The zero-order valence-corrected chi connectivity index (χ0v) is 12.1. The number of hydrogen-bond acceptors (Lipinski definition) is 2. The molecule has 1 atom stereocenters. The van der Waals surface area contributed by atoms with E-state index in [4.69, 9.17) is 5.73 Å². The second-order valence-electron chi connectivity index (χ2n) is 3.52. The van der Waals surface area contributed by atoms with Crippen molar-refractivity contribution in [2.45, 2.75) is 25.8 Å². The summed E-state index contributed by atoms with van der Waals surface area (Å²) in [5, 5.41) is 2.83. The second-order valence-corrected chi connectivity index (χ2v) is 5.23. The SMILES string of the molecule is CCC(N)CC(=O)Nc1c(Br)cccc1Br. The van der Waals surface area contributed by atoms with E-state index in [1.807, 2.05) is 25.1 Å². The zero-order chi connectivity index (χ0) is 12.1. The van der Waals surface area contributed by atoms with Crippen LogP contribution in [0.4, 0.5) is 5.69 Å². The van der Waals surface area contributed by atoms with Gasteiger partial charge in [0.1, 0.15) is 0 Å². The Bertz CT molecular complexity index is 362. The molecule has 0 aliphatic heterocycles. The summed E-state index contributed by atoms with van der Waals surface area (Å²) in [6, 6.07) is 5.56. The Morgan fingerprint density at radius 3 is 2.50 bits per heavy atom. The number of carbonyl (C=O) groups is 1. The van der Waals surface area contributed by atoms with Crippen molar-refractivity contribution < 1.29 is 4.79 Å². The fourth-order valence-corrected chi connectivity index (χ4v) is 2.39. The molecular weight excluding hydrogens is 336 g/mol. The first kappa shape index (κ1) is 13.7. The van der Waals surface area contributed by atoms with Gasteiger partial charge in [0, 0.05) is 21.4 Å². The minimum atomic E-state index is -0.0822. The van der Waals surface area contributed by atoms with Gasteiger partial charge in [-0.3, -0.25) is 4.79 Å². The highest BCUT2D eigenvalue weighted by molar-refractivity contribution is 9.11. The minimum Gasteiger partial charge on any atom is -0.327 e. The fraction of sp³-hybridized carbons (Fsp3) is 0.364. The lowest BCUT2D eigenvalue weighted by Gasteiger charge is -2.11. The predicted octanol–water partition coefficient (Wildman–Crippen LogP) is 3.28. The number of hydrogen-bond donors (Lipinski definition) is 2. The van der Waals surface area contributed by atoms with Crippen molar-refractivity contribution in [2.24, 2.45) is 5.73 Å². The van der Waals surface area contributed by atoms with Crippen molar-refractivity contribution in [3.63, 3.8) is 0 Å². The fourth-order valence-electron chi connectivity index (χ4n) is 1.19. The molecule has 3 nitrogen and oxygen atoms in total. The van der Waals surface area contributed by atoms with E-state index in [0.717, 1.165) is 21.1 Å². The van der Waals surface area contributed by atoms with Gasteiger partial charge in [0.2, 0.25) is 5.91 Å². The number of rotatable bonds is 4. The molecule has 0 radical (unpaired) electrons. The molecule has 1 rings (SSSR count). The average Bonchev–Trinajstić information content (AvgIpc) is 2.23. The lowest BCUT2D eigenvalue weighted by molar-refractivity contribution is -0.116. The van der Waals surface area contributed by atoms with Crippen LogP contribution in [0.2, 0.25) is 0 Å². The number of anilines is 1. The molecule has 0 spiro atoms. The van der Waals surface area contributed by atoms with E-state index in [0.29, 0.717) is 6.42 Å². The van der Waals surface area contributed by atoms with Crippen molar-refractivity contribution >= 4 is 43.5 Å². The van der Waals surface area contributed by atoms with Gasteiger partial charge in [-0.25, -0.2) is 0 Å². The van der Waals surface area contributed by atoms with Crippen molar-refractivity contribution in [3.8, 4) is 0 Å². The Kier molecular flexibility index (Phi) is 5.44. The molecule has 1 unspecified atom stereocenters. The number of amides is 1. The molecule has 0 aliphatic carbocycles. The smallest absolute Gasteiger partial charge is 0.225 e. The number of carbonyl (C=O) groups excluding carboxylic acids is 1. The Morgan fingerprint density at radius 1 is 1.44 bits per heavy atom. The molecule has 1 amide bonds. The van der Waals surface area contributed by atoms with Crippen LogP contribution in [0.25, 0.3) is 0 Å². The van der Waals surface area contributed by atoms with Crippen LogP contribution in [0.1, 0.15) is 19.8 Å². The number of nitrogens with one attached hydrogen (secondary N) is 1. The molecule has 5 heteroatoms.